The molecule has 0 saturated heterocycles. The molecule has 0 aliphatic heterocycles. The highest BCUT2D eigenvalue weighted by atomic mass is 32.1. The van der Waals surface area contributed by atoms with Crippen LogP contribution in [0.1, 0.15) is 0 Å². The Labute approximate surface area is 234 Å². The molecule has 0 aliphatic carbocycles. The summed E-state index contributed by atoms with van der Waals surface area (Å²) < 4.78 is 7.75. The molecule has 40 heavy (non-hydrogen) atoms. The number of fused-ring (bicyclic) bond motifs is 8. The van der Waals surface area contributed by atoms with Gasteiger partial charge < -0.3 is 4.42 Å². The maximum absolute atomic E-state index is 6.46. The average molecular weight is 527 g/mol. The van der Waals surface area contributed by atoms with Gasteiger partial charge in [-0.1, -0.05) is 97.1 Å². The number of furan rings is 1. The maximum atomic E-state index is 6.46. The van der Waals surface area contributed by atoms with E-state index in [2.05, 4.69) is 133 Å². The molecule has 0 saturated carbocycles. The van der Waals surface area contributed by atoms with Gasteiger partial charge in [0.25, 0.3) is 0 Å². The van der Waals surface area contributed by atoms with Crippen molar-refractivity contribution in [3.8, 4) is 22.3 Å². The van der Waals surface area contributed by atoms with Crippen molar-refractivity contribution >= 4 is 75.7 Å². The van der Waals surface area contributed by atoms with Crippen LogP contribution in [0, 0.1) is 0 Å². The number of thiophene rings is 1. The van der Waals surface area contributed by atoms with Gasteiger partial charge in [-0.05, 0) is 90.3 Å². The van der Waals surface area contributed by atoms with Gasteiger partial charge in [0, 0.05) is 20.9 Å². The Balaban J connectivity index is 1.39. The average Bonchev–Trinajstić information content (AvgIpc) is 3.63. The predicted octanol–water partition coefficient (Wildman–Crippen LogP) is 11.6. The van der Waals surface area contributed by atoms with Crippen molar-refractivity contribution in [3.63, 3.8) is 0 Å². The monoisotopic (exact) mass is 526 g/mol. The van der Waals surface area contributed by atoms with E-state index in [-0.39, 0.29) is 0 Å². The summed E-state index contributed by atoms with van der Waals surface area (Å²) in [6, 6.07) is 46.3. The number of rotatable bonds is 2. The lowest BCUT2D eigenvalue weighted by Gasteiger charge is -2.18. The van der Waals surface area contributed by atoms with E-state index in [1.165, 1.54) is 75.4 Å². The number of hydrogen-bond donors (Lipinski definition) is 0. The number of hydrogen-bond acceptors (Lipinski definition) is 2. The fourth-order valence-corrected chi connectivity index (χ4v) is 7.44. The minimum Gasteiger partial charge on any atom is -0.456 e. The van der Waals surface area contributed by atoms with E-state index in [1.807, 2.05) is 0 Å². The molecule has 0 bridgehead atoms. The minimum atomic E-state index is 0.928. The Hall–Kier alpha value is -4.92. The summed E-state index contributed by atoms with van der Waals surface area (Å²) in [4.78, 5) is 0. The third-order valence-electron chi connectivity index (χ3n) is 8.35. The van der Waals surface area contributed by atoms with E-state index >= 15 is 0 Å². The molecule has 0 amide bonds. The van der Waals surface area contributed by atoms with Crippen LogP contribution in [0.5, 0.6) is 0 Å². The van der Waals surface area contributed by atoms with Crippen LogP contribution in [-0.4, -0.2) is 0 Å². The molecule has 2 heteroatoms. The molecular weight excluding hydrogens is 504 g/mol. The Kier molecular flexibility index (Phi) is 4.55. The third-order valence-corrected chi connectivity index (χ3v) is 9.23. The van der Waals surface area contributed by atoms with Gasteiger partial charge in [0.05, 0.1) is 0 Å². The van der Waals surface area contributed by atoms with E-state index in [9.17, 15) is 0 Å². The van der Waals surface area contributed by atoms with Gasteiger partial charge in [-0.15, -0.1) is 11.3 Å². The second kappa shape index (κ2) is 8.29. The molecule has 0 fully saturated rings. The Bertz CT molecular complexity index is 2380. The summed E-state index contributed by atoms with van der Waals surface area (Å²) in [7, 11) is 0. The SMILES string of the molecule is c1ccc2c(-c3c4ccccc4c(-c4ccc5c(c4)oc4ccc6sccc6c45)c4ccccc34)cccc2c1. The van der Waals surface area contributed by atoms with Crippen LogP contribution in [0.15, 0.2) is 137 Å². The van der Waals surface area contributed by atoms with Gasteiger partial charge in [-0.25, -0.2) is 0 Å². The lowest BCUT2D eigenvalue weighted by Crippen LogP contribution is -1.91. The van der Waals surface area contributed by atoms with Gasteiger partial charge in [0.2, 0.25) is 0 Å². The first-order valence-electron chi connectivity index (χ1n) is 13.6. The molecule has 186 valence electrons. The van der Waals surface area contributed by atoms with Crippen molar-refractivity contribution in [2.75, 3.05) is 0 Å². The van der Waals surface area contributed by atoms with Crippen LogP contribution in [0.4, 0.5) is 0 Å². The zero-order valence-electron chi connectivity index (χ0n) is 21.5. The standard InChI is InChI=1S/C38H22OS/c1-2-10-25-23(8-1)9-7-15-26(25)37-29-13-5-3-11-27(29)36(28-12-4-6-14-30(28)37)24-16-17-31-34(22-24)39-33-18-19-35-32(38(31)33)20-21-40-35/h1-22H. The highest BCUT2D eigenvalue weighted by molar-refractivity contribution is 7.17. The van der Waals surface area contributed by atoms with Crippen LogP contribution in [-0.2, 0) is 0 Å². The normalized spacial score (nSPS) is 12.0. The zero-order valence-corrected chi connectivity index (χ0v) is 22.3. The minimum absolute atomic E-state index is 0.928. The first kappa shape index (κ1) is 22.0. The van der Waals surface area contributed by atoms with Gasteiger partial charge in [-0.3, -0.25) is 0 Å². The second-order valence-corrected chi connectivity index (χ2v) is 11.4. The smallest absolute Gasteiger partial charge is 0.136 e. The van der Waals surface area contributed by atoms with Crippen molar-refractivity contribution in [2.45, 2.75) is 0 Å². The molecule has 2 aromatic heterocycles. The third kappa shape index (κ3) is 3.03. The lowest BCUT2D eigenvalue weighted by molar-refractivity contribution is 0.669. The summed E-state index contributed by atoms with van der Waals surface area (Å²) in [6.07, 6.45) is 0. The van der Waals surface area contributed by atoms with E-state index in [4.69, 9.17) is 4.42 Å². The summed E-state index contributed by atoms with van der Waals surface area (Å²) in [6.45, 7) is 0. The van der Waals surface area contributed by atoms with Gasteiger partial charge in [0.15, 0.2) is 0 Å². The summed E-state index contributed by atoms with van der Waals surface area (Å²) in [5.74, 6) is 0. The Morgan fingerprint density at radius 1 is 0.450 bits per heavy atom. The van der Waals surface area contributed by atoms with Crippen molar-refractivity contribution in [2.24, 2.45) is 0 Å². The molecule has 0 spiro atoms. The molecule has 9 aromatic rings. The van der Waals surface area contributed by atoms with E-state index in [1.54, 1.807) is 11.3 Å². The van der Waals surface area contributed by atoms with Crippen LogP contribution in [0.3, 0.4) is 0 Å². The fraction of sp³-hybridized carbons (Fsp3) is 0. The summed E-state index contributed by atoms with van der Waals surface area (Å²) in [5.41, 5.74) is 6.85. The van der Waals surface area contributed by atoms with E-state index in [0.29, 0.717) is 0 Å². The number of benzene rings is 7. The van der Waals surface area contributed by atoms with E-state index in [0.717, 1.165) is 11.2 Å². The van der Waals surface area contributed by atoms with Crippen LogP contribution < -0.4 is 0 Å². The topological polar surface area (TPSA) is 13.1 Å². The first-order valence-corrected chi connectivity index (χ1v) is 14.5. The van der Waals surface area contributed by atoms with Crippen molar-refractivity contribution in [3.05, 3.63) is 133 Å². The maximum Gasteiger partial charge on any atom is 0.136 e. The molecule has 2 heterocycles. The molecule has 7 aromatic carbocycles. The molecule has 0 N–H and O–H groups in total. The van der Waals surface area contributed by atoms with Crippen molar-refractivity contribution < 1.29 is 4.42 Å². The molecule has 0 unspecified atom stereocenters. The first-order chi connectivity index (χ1) is 19.8. The highest BCUT2D eigenvalue weighted by Gasteiger charge is 2.19. The van der Waals surface area contributed by atoms with Gasteiger partial charge >= 0.3 is 0 Å². The Morgan fingerprint density at radius 3 is 1.90 bits per heavy atom. The largest absolute Gasteiger partial charge is 0.456 e. The quantitative estimate of drug-likeness (QED) is 0.204. The second-order valence-electron chi connectivity index (χ2n) is 10.5. The molecule has 0 atom stereocenters. The molecular formula is C38H22OS. The lowest BCUT2D eigenvalue weighted by atomic mass is 9.84. The molecule has 9 rings (SSSR count). The predicted molar refractivity (Wildman–Crippen MR) is 172 cm³/mol. The van der Waals surface area contributed by atoms with Crippen LogP contribution >= 0.6 is 11.3 Å². The Morgan fingerprint density at radius 2 is 1.12 bits per heavy atom. The summed E-state index contributed by atoms with van der Waals surface area (Å²) in [5, 5.41) is 13.4. The van der Waals surface area contributed by atoms with Gasteiger partial charge in [0.1, 0.15) is 11.2 Å². The van der Waals surface area contributed by atoms with Crippen LogP contribution in [0.2, 0.25) is 0 Å². The molecule has 0 radical (unpaired) electrons. The van der Waals surface area contributed by atoms with Crippen molar-refractivity contribution in [1.82, 2.24) is 0 Å². The fourth-order valence-electron chi connectivity index (χ4n) is 6.65. The van der Waals surface area contributed by atoms with Crippen LogP contribution in [0.25, 0.3) is 86.6 Å². The highest BCUT2D eigenvalue weighted by Crippen LogP contribution is 2.46. The summed E-state index contributed by atoms with van der Waals surface area (Å²) >= 11 is 1.78. The van der Waals surface area contributed by atoms with Gasteiger partial charge in [-0.2, -0.15) is 0 Å². The van der Waals surface area contributed by atoms with Crippen molar-refractivity contribution in [1.29, 1.82) is 0 Å². The van der Waals surface area contributed by atoms with E-state index < -0.39 is 0 Å². The zero-order chi connectivity index (χ0) is 26.2. The molecule has 1 nitrogen and oxygen atoms in total. The molecule has 0 aliphatic rings.